The Morgan fingerprint density at radius 2 is 1.77 bits per heavy atom. The molecule has 1 amide bonds. The maximum Gasteiger partial charge on any atom is 0.254 e. The zero-order chi connectivity index (χ0) is 21.9. The summed E-state index contributed by atoms with van der Waals surface area (Å²) in [6.45, 7) is 0.275. The first-order valence-electron chi connectivity index (χ1n) is 9.20. The number of carbonyl (C=O) groups is 1. The third kappa shape index (κ3) is 4.71. The lowest BCUT2D eigenvalue weighted by Gasteiger charge is -2.29. The van der Waals surface area contributed by atoms with E-state index in [0.29, 0.717) is 30.5 Å². The first-order chi connectivity index (χ1) is 14.2. The van der Waals surface area contributed by atoms with E-state index < -0.39 is 27.6 Å². The zero-order valence-corrected chi connectivity index (χ0v) is 17.4. The van der Waals surface area contributed by atoms with Crippen molar-refractivity contribution in [2.24, 2.45) is 0 Å². The van der Waals surface area contributed by atoms with E-state index in [0.717, 1.165) is 23.3 Å². The number of halogens is 2. The molecule has 0 aromatic heterocycles. The van der Waals surface area contributed by atoms with E-state index in [1.807, 2.05) is 6.07 Å². The molecular weight excluding hydrogens is 418 g/mol. The Balaban J connectivity index is 1.63. The van der Waals surface area contributed by atoms with Crippen LogP contribution in [0.25, 0.3) is 0 Å². The van der Waals surface area contributed by atoms with E-state index in [4.69, 9.17) is 9.47 Å². The summed E-state index contributed by atoms with van der Waals surface area (Å²) in [6, 6.07) is 6.17. The SMILES string of the molecule is COc1cc2c(cc1OC)CN(S(=O)(=O)CCNC(=O)c1ccc(F)cc1F)CC2. The normalized spacial score (nSPS) is 14.1. The number of hydrogen-bond acceptors (Lipinski definition) is 5. The lowest BCUT2D eigenvalue weighted by Crippen LogP contribution is -2.40. The Morgan fingerprint density at radius 1 is 1.10 bits per heavy atom. The predicted octanol–water partition coefficient (Wildman–Crippen LogP) is 2.10. The standard InChI is InChI=1S/C20H22F2N2O5S/c1-28-18-9-13-5-7-24(12-14(13)10-19(18)29-2)30(26,27)8-6-23-20(25)16-4-3-15(21)11-17(16)22/h3-4,9-11H,5-8,12H2,1-2H3,(H,23,25). The van der Waals surface area contributed by atoms with Gasteiger partial charge in [0, 0.05) is 25.7 Å². The van der Waals surface area contributed by atoms with Crippen LogP contribution in [0.15, 0.2) is 30.3 Å². The lowest BCUT2D eigenvalue weighted by atomic mass is 10.0. The maximum atomic E-state index is 13.7. The number of hydrogen-bond donors (Lipinski definition) is 1. The van der Waals surface area contributed by atoms with Gasteiger partial charge in [-0.15, -0.1) is 0 Å². The van der Waals surface area contributed by atoms with Crippen molar-refractivity contribution in [1.82, 2.24) is 9.62 Å². The van der Waals surface area contributed by atoms with E-state index in [-0.39, 0.29) is 24.4 Å². The molecule has 10 heteroatoms. The molecule has 2 aromatic carbocycles. The Bertz CT molecular complexity index is 1060. The second-order valence-electron chi connectivity index (χ2n) is 6.76. The van der Waals surface area contributed by atoms with Gasteiger partial charge < -0.3 is 14.8 Å². The third-order valence-electron chi connectivity index (χ3n) is 4.90. The molecule has 0 bridgehead atoms. The number of ether oxygens (including phenoxy) is 2. The minimum Gasteiger partial charge on any atom is -0.493 e. The lowest BCUT2D eigenvalue weighted by molar-refractivity contribution is 0.0952. The minimum absolute atomic E-state index is 0.179. The average Bonchev–Trinajstić information content (AvgIpc) is 2.71. The van der Waals surface area contributed by atoms with Crippen molar-refractivity contribution in [1.29, 1.82) is 0 Å². The van der Waals surface area contributed by atoms with Crippen molar-refractivity contribution < 1.29 is 31.5 Å². The van der Waals surface area contributed by atoms with Gasteiger partial charge in [0.1, 0.15) is 11.6 Å². The van der Waals surface area contributed by atoms with Gasteiger partial charge in [-0.05, 0) is 41.8 Å². The van der Waals surface area contributed by atoms with Crippen molar-refractivity contribution in [2.45, 2.75) is 13.0 Å². The fourth-order valence-electron chi connectivity index (χ4n) is 3.29. The number of nitrogens with one attached hydrogen (secondary N) is 1. The molecule has 1 N–H and O–H groups in total. The second kappa shape index (κ2) is 8.97. The predicted molar refractivity (Wildman–Crippen MR) is 106 cm³/mol. The van der Waals surface area contributed by atoms with Crippen LogP contribution in [0.5, 0.6) is 11.5 Å². The van der Waals surface area contributed by atoms with E-state index in [2.05, 4.69) is 5.32 Å². The summed E-state index contributed by atoms with van der Waals surface area (Å²) in [5.41, 5.74) is 1.46. The molecule has 0 spiro atoms. The molecule has 2 aromatic rings. The number of methoxy groups -OCH3 is 2. The van der Waals surface area contributed by atoms with Crippen molar-refractivity contribution in [3.63, 3.8) is 0 Å². The summed E-state index contributed by atoms with van der Waals surface area (Å²) in [6.07, 6.45) is 0.516. The van der Waals surface area contributed by atoms with Crippen LogP contribution < -0.4 is 14.8 Å². The van der Waals surface area contributed by atoms with Crippen LogP contribution in [0.1, 0.15) is 21.5 Å². The highest BCUT2D eigenvalue weighted by atomic mass is 32.2. The first-order valence-corrected chi connectivity index (χ1v) is 10.8. The summed E-state index contributed by atoms with van der Waals surface area (Å²) < 4.78 is 63.9. The fourth-order valence-corrected chi connectivity index (χ4v) is 4.61. The van der Waals surface area contributed by atoms with Gasteiger partial charge in [-0.3, -0.25) is 4.79 Å². The zero-order valence-electron chi connectivity index (χ0n) is 16.6. The van der Waals surface area contributed by atoms with E-state index in [1.165, 1.54) is 18.5 Å². The van der Waals surface area contributed by atoms with Gasteiger partial charge in [0.25, 0.3) is 5.91 Å². The average molecular weight is 440 g/mol. The highest BCUT2D eigenvalue weighted by molar-refractivity contribution is 7.89. The van der Waals surface area contributed by atoms with Crippen molar-refractivity contribution in [3.8, 4) is 11.5 Å². The van der Waals surface area contributed by atoms with Crippen LogP contribution >= 0.6 is 0 Å². The van der Waals surface area contributed by atoms with Gasteiger partial charge in [-0.2, -0.15) is 4.31 Å². The summed E-state index contributed by atoms with van der Waals surface area (Å²) >= 11 is 0. The summed E-state index contributed by atoms with van der Waals surface area (Å²) in [4.78, 5) is 12.0. The summed E-state index contributed by atoms with van der Waals surface area (Å²) in [5.74, 6) is -1.85. The fraction of sp³-hybridized carbons (Fsp3) is 0.350. The van der Waals surface area contributed by atoms with Crippen LogP contribution in [-0.2, 0) is 23.0 Å². The molecule has 0 saturated carbocycles. The van der Waals surface area contributed by atoms with Crippen molar-refractivity contribution in [3.05, 3.63) is 58.7 Å². The second-order valence-corrected chi connectivity index (χ2v) is 8.84. The molecule has 1 aliphatic heterocycles. The number of benzene rings is 2. The van der Waals surface area contributed by atoms with Crippen LogP contribution in [0.3, 0.4) is 0 Å². The minimum atomic E-state index is -3.66. The number of nitrogens with zero attached hydrogens (tertiary/aromatic N) is 1. The largest absolute Gasteiger partial charge is 0.493 e. The van der Waals surface area contributed by atoms with Gasteiger partial charge in [-0.25, -0.2) is 17.2 Å². The van der Waals surface area contributed by atoms with Crippen LogP contribution in [0.4, 0.5) is 8.78 Å². The Morgan fingerprint density at radius 3 is 2.40 bits per heavy atom. The molecule has 1 heterocycles. The molecule has 0 atom stereocenters. The molecule has 7 nitrogen and oxygen atoms in total. The topological polar surface area (TPSA) is 84.9 Å². The summed E-state index contributed by atoms with van der Waals surface area (Å²) in [7, 11) is -0.617. The van der Waals surface area contributed by atoms with E-state index in [1.54, 1.807) is 6.07 Å². The summed E-state index contributed by atoms with van der Waals surface area (Å²) in [5, 5.41) is 2.36. The van der Waals surface area contributed by atoms with Crippen molar-refractivity contribution in [2.75, 3.05) is 33.1 Å². The molecule has 0 saturated heterocycles. The molecule has 162 valence electrons. The monoisotopic (exact) mass is 440 g/mol. The molecule has 0 radical (unpaired) electrons. The van der Waals surface area contributed by atoms with Gasteiger partial charge >= 0.3 is 0 Å². The van der Waals surface area contributed by atoms with Gasteiger partial charge in [-0.1, -0.05) is 0 Å². The van der Waals surface area contributed by atoms with Gasteiger partial charge in [0.2, 0.25) is 10.0 Å². The molecule has 0 fully saturated rings. The Hall–Kier alpha value is -2.72. The quantitative estimate of drug-likeness (QED) is 0.713. The number of rotatable bonds is 7. The molecule has 1 aliphatic rings. The number of carbonyl (C=O) groups excluding carboxylic acids is 1. The first kappa shape index (κ1) is 22.0. The maximum absolute atomic E-state index is 13.7. The molecule has 3 rings (SSSR count). The number of amides is 1. The smallest absolute Gasteiger partial charge is 0.254 e. The number of fused-ring (bicyclic) bond motifs is 1. The highest BCUT2D eigenvalue weighted by Crippen LogP contribution is 2.33. The highest BCUT2D eigenvalue weighted by Gasteiger charge is 2.28. The molecule has 0 aliphatic carbocycles. The molecule has 0 unspecified atom stereocenters. The van der Waals surface area contributed by atoms with Crippen LogP contribution in [-0.4, -0.2) is 51.7 Å². The van der Waals surface area contributed by atoms with E-state index >= 15 is 0 Å². The van der Waals surface area contributed by atoms with Gasteiger partial charge in [0.15, 0.2) is 11.5 Å². The molecule has 30 heavy (non-hydrogen) atoms. The van der Waals surface area contributed by atoms with Gasteiger partial charge in [0.05, 0.1) is 25.5 Å². The molecular formula is C20H22F2N2O5S. The third-order valence-corrected chi connectivity index (χ3v) is 6.72. The number of sulfonamides is 1. The van der Waals surface area contributed by atoms with E-state index in [9.17, 15) is 22.0 Å². The van der Waals surface area contributed by atoms with Crippen LogP contribution in [0.2, 0.25) is 0 Å². The van der Waals surface area contributed by atoms with Crippen LogP contribution in [0, 0.1) is 11.6 Å². The van der Waals surface area contributed by atoms with Crippen molar-refractivity contribution >= 4 is 15.9 Å². The Kier molecular flexibility index (Phi) is 6.57. The Labute approximate surface area is 173 Å².